The lowest BCUT2D eigenvalue weighted by Crippen LogP contribution is -2.58. The van der Waals surface area contributed by atoms with Crippen molar-refractivity contribution in [3.63, 3.8) is 0 Å². The van der Waals surface area contributed by atoms with E-state index in [9.17, 15) is 24.3 Å². The number of imidazole rings is 1. The van der Waals surface area contributed by atoms with E-state index in [-0.39, 0.29) is 24.5 Å². The molecule has 12 nitrogen and oxygen atoms in total. The standard InChI is InChI=1S/C18H30N6O6S/c1-9(2)3-12(22-15(26)11(19)4-10-5-20-8-21-10)16(27)23-13(6-25)17(28)24-14(7-31)18(29)30/h5,8-9,11-14,25,31H,3-4,6-7,19H2,1-2H3,(H,20,21)(H,22,26)(H,23,27)(H,24,28)(H,29,30). The Bertz CT molecular complexity index is 744. The molecule has 0 saturated heterocycles. The van der Waals surface area contributed by atoms with Crippen molar-refractivity contribution < 1.29 is 29.4 Å². The molecule has 0 aliphatic rings. The normalized spacial score (nSPS) is 14.9. The first-order valence-corrected chi connectivity index (χ1v) is 10.3. The lowest BCUT2D eigenvalue weighted by atomic mass is 10.0. The predicted octanol–water partition coefficient (Wildman–Crippen LogP) is -2.21. The van der Waals surface area contributed by atoms with Gasteiger partial charge in [-0.2, -0.15) is 12.6 Å². The maximum atomic E-state index is 12.7. The molecule has 0 spiro atoms. The number of aliphatic carboxylic acids is 1. The minimum Gasteiger partial charge on any atom is -0.480 e. The maximum Gasteiger partial charge on any atom is 0.327 e. The molecule has 1 rings (SSSR count). The van der Waals surface area contributed by atoms with Gasteiger partial charge >= 0.3 is 5.97 Å². The van der Waals surface area contributed by atoms with Gasteiger partial charge in [-0.05, 0) is 12.3 Å². The highest BCUT2D eigenvalue weighted by molar-refractivity contribution is 7.80. The lowest BCUT2D eigenvalue weighted by molar-refractivity contribution is -0.142. The van der Waals surface area contributed by atoms with Gasteiger partial charge < -0.3 is 36.9 Å². The summed E-state index contributed by atoms with van der Waals surface area (Å²) in [6.45, 7) is 2.92. The predicted molar refractivity (Wildman–Crippen MR) is 114 cm³/mol. The van der Waals surface area contributed by atoms with Gasteiger partial charge in [0, 0.05) is 24.1 Å². The molecule has 0 aliphatic heterocycles. The summed E-state index contributed by atoms with van der Waals surface area (Å²) in [7, 11) is 0. The molecule has 1 aromatic heterocycles. The first kappa shape index (κ1) is 26.4. The molecule has 0 radical (unpaired) electrons. The topological polar surface area (TPSA) is 200 Å². The van der Waals surface area contributed by atoms with E-state index in [1.807, 2.05) is 13.8 Å². The van der Waals surface area contributed by atoms with Crippen LogP contribution in [0.25, 0.3) is 0 Å². The van der Waals surface area contributed by atoms with Crippen LogP contribution in [0, 0.1) is 5.92 Å². The Morgan fingerprint density at radius 3 is 2.16 bits per heavy atom. The number of thiol groups is 1. The van der Waals surface area contributed by atoms with Crippen LogP contribution in [0.1, 0.15) is 26.0 Å². The fourth-order valence-corrected chi connectivity index (χ4v) is 2.88. The number of nitrogens with two attached hydrogens (primary N) is 1. The highest BCUT2D eigenvalue weighted by atomic mass is 32.1. The number of hydrogen-bond donors (Lipinski definition) is 8. The molecule has 0 aromatic carbocycles. The van der Waals surface area contributed by atoms with Crippen LogP contribution < -0.4 is 21.7 Å². The zero-order valence-corrected chi connectivity index (χ0v) is 18.3. The summed E-state index contributed by atoms with van der Waals surface area (Å²) < 4.78 is 0. The van der Waals surface area contributed by atoms with Gasteiger partial charge in [-0.15, -0.1) is 0 Å². The van der Waals surface area contributed by atoms with Crippen molar-refractivity contribution >= 4 is 36.3 Å². The Morgan fingerprint density at radius 1 is 1.10 bits per heavy atom. The minimum absolute atomic E-state index is 0.0156. The molecule has 31 heavy (non-hydrogen) atoms. The zero-order chi connectivity index (χ0) is 23.6. The number of nitrogens with zero attached hydrogens (tertiary/aromatic N) is 1. The van der Waals surface area contributed by atoms with Crippen molar-refractivity contribution in [1.82, 2.24) is 25.9 Å². The molecule has 3 amide bonds. The summed E-state index contributed by atoms with van der Waals surface area (Å²) in [6.07, 6.45) is 3.43. The average molecular weight is 459 g/mol. The number of amides is 3. The summed E-state index contributed by atoms with van der Waals surface area (Å²) in [5.41, 5.74) is 6.56. The van der Waals surface area contributed by atoms with Crippen molar-refractivity contribution in [3.8, 4) is 0 Å². The van der Waals surface area contributed by atoms with E-state index in [1.54, 1.807) is 0 Å². The fourth-order valence-electron chi connectivity index (χ4n) is 2.63. The number of rotatable bonds is 13. The van der Waals surface area contributed by atoms with Crippen molar-refractivity contribution in [1.29, 1.82) is 0 Å². The quantitative estimate of drug-likeness (QED) is 0.152. The van der Waals surface area contributed by atoms with E-state index < -0.39 is 54.5 Å². The van der Waals surface area contributed by atoms with Gasteiger partial charge in [-0.25, -0.2) is 9.78 Å². The number of carboxylic acids is 1. The first-order valence-electron chi connectivity index (χ1n) is 9.67. The Labute approximate surface area is 185 Å². The molecule has 1 aromatic rings. The first-order chi connectivity index (χ1) is 14.6. The van der Waals surface area contributed by atoms with Gasteiger partial charge in [0.1, 0.15) is 18.1 Å². The Morgan fingerprint density at radius 2 is 1.68 bits per heavy atom. The van der Waals surface area contributed by atoms with Crippen LogP contribution in [-0.4, -0.2) is 80.4 Å². The van der Waals surface area contributed by atoms with Gasteiger partial charge in [0.15, 0.2) is 0 Å². The zero-order valence-electron chi connectivity index (χ0n) is 17.4. The van der Waals surface area contributed by atoms with Gasteiger partial charge in [-0.3, -0.25) is 14.4 Å². The molecule has 13 heteroatoms. The Kier molecular flexibility index (Phi) is 11.0. The average Bonchev–Trinajstić information content (AvgIpc) is 3.21. The van der Waals surface area contributed by atoms with Gasteiger partial charge in [-0.1, -0.05) is 13.8 Å². The Hall–Kier alpha value is -2.64. The van der Waals surface area contributed by atoms with Crippen LogP contribution in [0.15, 0.2) is 12.5 Å². The number of aromatic amines is 1. The number of aliphatic hydroxyl groups is 1. The molecule has 0 fully saturated rings. The largest absolute Gasteiger partial charge is 0.480 e. The minimum atomic E-state index is -1.40. The van der Waals surface area contributed by atoms with Crippen LogP contribution >= 0.6 is 12.6 Å². The lowest BCUT2D eigenvalue weighted by Gasteiger charge is -2.25. The van der Waals surface area contributed by atoms with Crippen LogP contribution in [0.3, 0.4) is 0 Å². The number of carbonyl (C=O) groups excluding carboxylic acids is 3. The van der Waals surface area contributed by atoms with Gasteiger partial charge in [0.2, 0.25) is 17.7 Å². The molecule has 174 valence electrons. The fraction of sp³-hybridized carbons (Fsp3) is 0.611. The van der Waals surface area contributed by atoms with Gasteiger partial charge in [0.25, 0.3) is 0 Å². The van der Waals surface area contributed by atoms with Gasteiger partial charge in [0.05, 0.1) is 19.0 Å². The van der Waals surface area contributed by atoms with E-state index >= 15 is 0 Å². The van der Waals surface area contributed by atoms with Crippen molar-refractivity contribution in [2.24, 2.45) is 11.7 Å². The third kappa shape index (κ3) is 8.94. The molecule has 0 bridgehead atoms. The van der Waals surface area contributed by atoms with Crippen molar-refractivity contribution in [3.05, 3.63) is 18.2 Å². The van der Waals surface area contributed by atoms with Crippen molar-refractivity contribution in [2.75, 3.05) is 12.4 Å². The molecular weight excluding hydrogens is 428 g/mol. The summed E-state index contributed by atoms with van der Waals surface area (Å²) in [5, 5.41) is 25.6. The van der Waals surface area contributed by atoms with Crippen molar-refractivity contribution in [2.45, 2.75) is 50.9 Å². The van der Waals surface area contributed by atoms with Crippen LogP contribution in [-0.2, 0) is 25.6 Å². The molecule has 8 N–H and O–H groups in total. The summed E-state index contributed by atoms with van der Waals surface area (Å²) >= 11 is 3.84. The monoisotopic (exact) mass is 458 g/mol. The third-order valence-corrected chi connectivity index (χ3v) is 4.65. The highest BCUT2D eigenvalue weighted by Gasteiger charge is 2.30. The van der Waals surface area contributed by atoms with E-state index in [1.165, 1.54) is 12.5 Å². The van der Waals surface area contributed by atoms with Crippen LogP contribution in [0.5, 0.6) is 0 Å². The summed E-state index contributed by atoms with van der Waals surface area (Å²) in [6, 6.07) is -4.64. The second-order valence-corrected chi connectivity index (χ2v) is 7.77. The SMILES string of the molecule is CC(C)CC(NC(=O)C(N)Cc1cnc[nH]1)C(=O)NC(CO)C(=O)NC(CS)C(=O)O. The number of nitrogens with one attached hydrogen (secondary N) is 4. The highest BCUT2D eigenvalue weighted by Crippen LogP contribution is 2.07. The molecule has 1 heterocycles. The second kappa shape index (κ2) is 12.9. The molecular formula is C18H30N6O6S. The number of carboxylic acid groups (broad SMARTS) is 1. The molecule has 4 atom stereocenters. The number of aromatic nitrogens is 2. The summed E-state index contributed by atoms with van der Waals surface area (Å²) in [5.74, 6) is -3.62. The third-order valence-electron chi connectivity index (χ3n) is 4.28. The maximum absolute atomic E-state index is 12.7. The van der Waals surface area contributed by atoms with Crippen LogP contribution in [0.4, 0.5) is 0 Å². The van der Waals surface area contributed by atoms with E-state index in [4.69, 9.17) is 10.8 Å². The molecule has 0 aliphatic carbocycles. The number of hydrogen-bond acceptors (Lipinski definition) is 8. The number of aliphatic hydroxyl groups excluding tert-OH is 1. The second-order valence-electron chi connectivity index (χ2n) is 7.40. The van der Waals surface area contributed by atoms with E-state index in [2.05, 4.69) is 38.5 Å². The number of carbonyl (C=O) groups is 4. The van der Waals surface area contributed by atoms with Crippen LogP contribution in [0.2, 0.25) is 0 Å². The number of H-pyrrole nitrogens is 1. The van der Waals surface area contributed by atoms with E-state index in [0.717, 1.165) is 0 Å². The summed E-state index contributed by atoms with van der Waals surface area (Å²) in [4.78, 5) is 55.1. The van der Waals surface area contributed by atoms with E-state index in [0.29, 0.717) is 5.69 Å². The molecule has 0 saturated carbocycles. The molecule has 4 unspecified atom stereocenters. The smallest absolute Gasteiger partial charge is 0.327 e. The Balaban J connectivity index is 2.79.